The molecule has 0 fully saturated rings. The molecule has 0 aliphatic rings. The molecule has 10 atom stereocenters. The standard InChI is InChI=1S/C77H115N21O16/c1-43(2)37-59(71(111)89-45(5)67(107)95-57(65(78)105)39-46-18-26-50(99)27-19-46)97-69(109)55(14-11-35-87-76(82)83)93-73(113)61(41-48-22-30-52(101)31-23-48)90-63(103)16-8-6-7-9-17-64(104)91-62(42-49-24-32-53(102)33-25-49)74(114)94-56(15-12-36-88-77(84)85)70(110)98-60(38-44(3)4)72(112)92-54(13-10-34-86-75(80)81)68(108)96-58(66(79)106)40-47-20-28-51(100)29-21-47/h18-33,43-45,54-62,99-102H,6-17,34-42H2,1-5H3,(H2,78,105)(H2,79,106)(H,89,111)(H,90,103)(H,91,104)(H,92,112)(H,93,113)(H,94,114)(H,95,107)(H,96,108)(H,97,109)(H,98,110)(H4,80,81,86)(H4,82,83,87)(H4,84,85,88)/t45-,54-,55-,56-,57-,58-,59-,60-,61-,62-/m0/s1. The van der Waals surface area contributed by atoms with Gasteiger partial charge in [0, 0.05) is 58.2 Å². The fraction of sp³-hybridized carbons (Fsp3) is 0.494. The van der Waals surface area contributed by atoms with Crippen molar-refractivity contribution in [1.82, 2.24) is 69.1 Å². The highest BCUT2D eigenvalue weighted by molar-refractivity contribution is 5.98. The Balaban J connectivity index is 1.48. The van der Waals surface area contributed by atoms with Crippen LogP contribution in [0.15, 0.2) is 97.1 Å². The number of rotatable bonds is 51. The largest absolute Gasteiger partial charge is 0.508 e. The first kappa shape index (κ1) is 93.9. The molecule has 4 rings (SSSR count). The van der Waals surface area contributed by atoms with Crippen molar-refractivity contribution in [1.29, 1.82) is 16.2 Å². The molecule has 114 heavy (non-hydrogen) atoms. The quantitative estimate of drug-likeness (QED) is 0.0141. The Bertz CT molecular complexity index is 3870. The number of unbranched alkanes of at least 4 members (excludes halogenated alkanes) is 3. The highest BCUT2D eigenvalue weighted by atomic mass is 16.3. The number of phenolic OH excluding ortho intramolecular Hbond substituents is 4. The first-order valence-corrected chi connectivity index (χ1v) is 37.9. The molecule has 4 aromatic carbocycles. The molecule has 0 saturated heterocycles. The van der Waals surface area contributed by atoms with E-state index in [1.807, 2.05) is 0 Å². The molecule has 4 aromatic rings. The van der Waals surface area contributed by atoms with Crippen molar-refractivity contribution in [2.45, 2.75) is 211 Å². The summed E-state index contributed by atoms with van der Waals surface area (Å²) in [6.45, 7) is 8.81. The van der Waals surface area contributed by atoms with Gasteiger partial charge in [-0.05, 0) is 154 Å². The van der Waals surface area contributed by atoms with Crippen LogP contribution in [0.1, 0.15) is 147 Å². The van der Waals surface area contributed by atoms with Crippen LogP contribution < -0.4 is 97.8 Å². The molecule has 37 nitrogen and oxygen atoms in total. The number of phenols is 4. The van der Waals surface area contributed by atoms with Crippen molar-refractivity contribution in [2.24, 2.45) is 40.5 Å². The van der Waals surface area contributed by atoms with Gasteiger partial charge in [-0.25, -0.2) is 0 Å². The Morgan fingerprint density at radius 3 is 0.807 bits per heavy atom. The number of guanidine groups is 3. The molecule has 0 saturated carbocycles. The van der Waals surface area contributed by atoms with Crippen LogP contribution >= 0.6 is 0 Å². The highest BCUT2D eigenvalue weighted by Gasteiger charge is 2.36. The number of nitrogens with one attached hydrogen (secondary N) is 16. The van der Waals surface area contributed by atoms with Gasteiger partial charge in [0.1, 0.15) is 83.4 Å². The van der Waals surface area contributed by atoms with Gasteiger partial charge in [-0.2, -0.15) is 0 Å². The summed E-state index contributed by atoms with van der Waals surface area (Å²) in [4.78, 5) is 167. The summed E-state index contributed by atoms with van der Waals surface area (Å²) in [5.74, 6) is -11.0. The minimum atomic E-state index is -1.39. The lowest BCUT2D eigenvalue weighted by Crippen LogP contribution is -2.59. The molecule has 37 heteroatoms. The van der Waals surface area contributed by atoms with E-state index >= 15 is 0 Å². The summed E-state index contributed by atoms with van der Waals surface area (Å²) in [6.07, 6.45) is 1.17. The molecule has 0 aromatic heterocycles. The molecule has 624 valence electrons. The van der Waals surface area contributed by atoms with Gasteiger partial charge in [0.15, 0.2) is 17.9 Å². The monoisotopic (exact) mass is 1590 g/mol. The summed E-state index contributed by atoms with van der Waals surface area (Å²) < 4.78 is 0. The maximum absolute atomic E-state index is 14.6. The van der Waals surface area contributed by atoms with Gasteiger partial charge >= 0.3 is 0 Å². The molecular weight excluding hydrogens is 1470 g/mol. The number of primary amides is 2. The second kappa shape index (κ2) is 49.0. The minimum Gasteiger partial charge on any atom is -0.508 e. The van der Waals surface area contributed by atoms with Crippen molar-refractivity contribution < 1.29 is 78.0 Å². The maximum Gasteiger partial charge on any atom is 0.243 e. The number of aromatic hydroxyl groups is 4. The number of amides is 12. The molecule has 0 heterocycles. The summed E-state index contributed by atoms with van der Waals surface area (Å²) >= 11 is 0. The van der Waals surface area contributed by atoms with Gasteiger partial charge in [0.05, 0.1) is 0 Å². The van der Waals surface area contributed by atoms with Crippen LogP contribution in [0.2, 0.25) is 0 Å². The fourth-order valence-corrected chi connectivity index (χ4v) is 11.9. The lowest BCUT2D eigenvalue weighted by Gasteiger charge is -2.28. The van der Waals surface area contributed by atoms with Crippen LogP contribution in [0.25, 0.3) is 0 Å². The first-order chi connectivity index (χ1) is 53.9. The molecular formula is C77H115N21O16. The van der Waals surface area contributed by atoms with Gasteiger partial charge in [-0.1, -0.05) is 89.1 Å². The van der Waals surface area contributed by atoms with E-state index in [0.29, 0.717) is 35.1 Å². The molecule has 0 aliphatic carbocycles. The summed E-state index contributed by atoms with van der Waals surface area (Å²) in [5, 5.41) is 97.3. The predicted octanol–water partition coefficient (Wildman–Crippen LogP) is -1.16. The van der Waals surface area contributed by atoms with E-state index in [1.165, 1.54) is 79.7 Å². The number of nitrogens with two attached hydrogens (primary N) is 5. The van der Waals surface area contributed by atoms with Crippen molar-refractivity contribution in [3.05, 3.63) is 119 Å². The zero-order valence-corrected chi connectivity index (χ0v) is 65.1. The van der Waals surface area contributed by atoms with E-state index in [1.54, 1.807) is 52.0 Å². The van der Waals surface area contributed by atoms with E-state index in [4.69, 9.17) is 44.9 Å². The normalized spacial score (nSPS) is 13.6. The zero-order chi connectivity index (χ0) is 84.6. The summed E-state index contributed by atoms with van der Waals surface area (Å²) in [6, 6.07) is 10.5. The van der Waals surface area contributed by atoms with Gasteiger partial charge in [0.25, 0.3) is 0 Å². The van der Waals surface area contributed by atoms with Crippen LogP contribution in [0.4, 0.5) is 0 Å². The molecule has 0 spiro atoms. The molecule has 30 N–H and O–H groups in total. The SMILES string of the molecule is CC(C)C[C@H](NC(=O)[C@H](CCCNC(=N)N)NC(=O)[C@H](Cc1ccc(O)cc1)NC(=O)CCCCCCC(=O)N[C@@H](Cc1ccc(O)cc1)C(=O)N[C@@H](CCCNC(=N)N)C(=O)N[C@@H](CC(C)C)C(=O)N[C@@H](CCCNC(=N)N)C(=O)N[C@@H](Cc1ccc(O)cc1)C(N)=O)C(=O)N[C@@H](C)C(=O)N[C@@H](Cc1ccc(O)cc1)C(N)=O. The third-order valence-corrected chi connectivity index (χ3v) is 18.0. The van der Waals surface area contributed by atoms with E-state index in [0.717, 1.165) is 0 Å². The number of carbonyl (C=O) groups excluding carboxylic acids is 12. The van der Waals surface area contributed by atoms with Crippen LogP contribution in [-0.4, -0.2) is 189 Å². The first-order valence-electron chi connectivity index (χ1n) is 37.9. The van der Waals surface area contributed by atoms with Gasteiger partial charge in [-0.15, -0.1) is 0 Å². The molecule has 0 aliphatic heterocycles. The van der Waals surface area contributed by atoms with Crippen molar-refractivity contribution in [3.8, 4) is 23.0 Å². The second-order valence-electron chi connectivity index (χ2n) is 28.8. The van der Waals surface area contributed by atoms with Crippen LogP contribution in [0.5, 0.6) is 23.0 Å². The fourth-order valence-electron chi connectivity index (χ4n) is 11.9. The number of carbonyl (C=O) groups is 12. The number of hydrogen-bond acceptors (Lipinski definition) is 19. The molecule has 0 radical (unpaired) electrons. The van der Waals surface area contributed by atoms with Crippen molar-refractivity contribution >= 4 is 88.8 Å². The predicted molar refractivity (Wildman–Crippen MR) is 425 cm³/mol. The Kier molecular flexibility index (Phi) is 40.4. The van der Waals surface area contributed by atoms with Gasteiger partial charge in [0.2, 0.25) is 70.9 Å². The van der Waals surface area contributed by atoms with E-state index in [-0.39, 0.29) is 175 Å². The highest BCUT2D eigenvalue weighted by Crippen LogP contribution is 2.19. The maximum atomic E-state index is 14.6. The molecule has 0 unspecified atom stereocenters. The Morgan fingerprint density at radius 2 is 0.535 bits per heavy atom. The second-order valence-corrected chi connectivity index (χ2v) is 28.8. The average Bonchev–Trinajstić information content (AvgIpc) is 0.886. The van der Waals surface area contributed by atoms with E-state index in [9.17, 15) is 78.0 Å². The third kappa shape index (κ3) is 37.0. The average molecular weight is 1590 g/mol. The van der Waals surface area contributed by atoms with Crippen molar-refractivity contribution in [2.75, 3.05) is 19.6 Å². The van der Waals surface area contributed by atoms with E-state index < -0.39 is 131 Å². The molecule has 0 bridgehead atoms. The summed E-state index contributed by atoms with van der Waals surface area (Å²) in [5.41, 5.74) is 30.0. The minimum absolute atomic E-state index is 0.0136. The third-order valence-electron chi connectivity index (χ3n) is 18.0. The lowest BCUT2D eigenvalue weighted by molar-refractivity contribution is -0.135. The van der Waals surface area contributed by atoms with Gasteiger partial charge in [-0.3, -0.25) is 73.8 Å². The molecule has 12 amide bonds. The van der Waals surface area contributed by atoms with E-state index in [2.05, 4.69) is 69.1 Å². The summed E-state index contributed by atoms with van der Waals surface area (Å²) in [7, 11) is 0. The Labute approximate surface area is 662 Å². The topological polar surface area (TPSA) is 644 Å². The van der Waals surface area contributed by atoms with Crippen LogP contribution in [0.3, 0.4) is 0 Å². The Morgan fingerprint density at radius 1 is 0.298 bits per heavy atom. The lowest BCUT2D eigenvalue weighted by atomic mass is 10.00. The van der Waals surface area contributed by atoms with Crippen LogP contribution in [-0.2, 0) is 83.2 Å². The number of hydrogen-bond donors (Lipinski definition) is 25. The number of benzene rings is 4. The zero-order valence-electron chi connectivity index (χ0n) is 65.1. The van der Waals surface area contributed by atoms with Crippen molar-refractivity contribution in [3.63, 3.8) is 0 Å². The Hall–Kier alpha value is -12.5. The van der Waals surface area contributed by atoms with Gasteiger partial charge < -0.3 is 118 Å². The smallest absolute Gasteiger partial charge is 0.243 e. The van der Waals surface area contributed by atoms with Crippen LogP contribution in [0, 0.1) is 28.1 Å².